The number of hydrogen-bond acceptors (Lipinski definition) is 5. The van der Waals surface area contributed by atoms with Crippen LogP contribution in [0.3, 0.4) is 0 Å². The lowest BCUT2D eigenvalue weighted by Gasteiger charge is -2.36. The predicted molar refractivity (Wildman–Crippen MR) is 77.2 cm³/mol. The van der Waals surface area contributed by atoms with E-state index in [-0.39, 0.29) is 0 Å². The predicted octanol–water partition coefficient (Wildman–Crippen LogP) is 1.84. The van der Waals surface area contributed by atoms with E-state index in [0.717, 1.165) is 37.6 Å². The molecule has 0 spiro atoms. The molecule has 0 bridgehead atoms. The fourth-order valence-electron chi connectivity index (χ4n) is 2.34. The van der Waals surface area contributed by atoms with Crippen LogP contribution in [0.1, 0.15) is 18.3 Å². The standard InChI is InChI=1S/C15H20N4O/c1-3-19(13-8-16-9-13)10-14-17-15(20-18-14)12-6-4-11(2)5-7-12/h4-7,13,16H,3,8-10H2,1-2H3. The van der Waals surface area contributed by atoms with Crippen LogP contribution in [0.15, 0.2) is 28.8 Å². The Morgan fingerprint density at radius 2 is 2.05 bits per heavy atom. The Balaban J connectivity index is 1.71. The van der Waals surface area contributed by atoms with Crippen molar-refractivity contribution < 1.29 is 4.52 Å². The first-order chi connectivity index (χ1) is 9.76. The number of hydrogen-bond donors (Lipinski definition) is 1. The Morgan fingerprint density at radius 3 is 2.65 bits per heavy atom. The van der Waals surface area contributed by atoms with Gasteiger partial charge in [-0.15, -0.1) is 0 Å². The van der Waals surface area contributed by atoms with Crippen molar-refractivity contribution in [3.05, 3.63) is 35.7 Å². The highest BCUT2D eigenvalue weighted by atomic mass is 16.5. The second-order valence-electron chi connectivity index (χ2n) is 5.26. The summed E-state index contributed by atoms with van der Waals surface area (Å²) in [7, 11) is 0. The summed E-state index contributed by atoms with van der Waals surface area (Å²) in [6.07, 6.45) is 0. The molecule has 1 aromatic carbocycles. The smallest absolute Gasteiger partial charge is 0.257 e. The molecule has 20 heavy (non-hydrogen) atoms. The van der Waals surface area contributed by atoms with Crippen LogP contribution < -0.4 is 5.32 Å². The van der Waals surface area contributed by atoms with Crippen LogP contribution in [-0.4, -0.2) is 40.7 Å². The van der Waals surface area contributed by atoms with E-state index in [1.165, 1.54) is 5.56 Å². The maximum Gasteiger partial charge on any atom is 0.257 e. The van der Waals surface area contributed by atoms with Crippen molar-refractivity contribution in [2.24, 2.45) is 0 Å². The molecule has 0 amide bonds. The molecule has 0 atom stereocenters. The SMILES string of the molecule is CCN(Cc1noc(-c2ccc(C)cc2)n1)C1CNC1. The third-order valence-corrected chi connectivity index (χ3v) is 3.79. The van der Waals surface area contributed by atoms with Gasteiger partial charge in [-0.25, -0.2) is 0 Å². The number of likely N-dealkylation sites (N-methyl/N-ethyl adjacent to an activating group) is 1. The molecule has 1 saturated heterocycles. The molecule has 2 aromatic rings. The lowest BCUT2D eigenvalue weighted by molar-refractivity contribution is 0.140. The first kappa shape index (κ1) is 13.3. The van der Waals surface area contributed by atoms with E-state index in [1.807, 2.05) is 12.1 Å². The third kappa shape index (κ3) is 2.73. The van der Waals surface area contributed by atoms with Gasteiger partial charge >= 0.3 is 0 Å². The van der Waals surface area contributed by atoms with E-state index >= 15 is 0 Å². The van der Waals surface area contributed by atoms with Gasteiger partial charge in [-0.1, -0.05) is 29.8 Å². The zero-order valence-corrected chi connectivity index (χ0v) is 12.0. The van der Waals surface area contributed by atoms with E-state index in [2.05, 4.69) is 46.3 Å². The van der Waals surface area contributed by atoms with Gasteiger partial charge in [0.2, 0.25) is 0 Å². The van der Waals surface area contributed by atoms with Crippen molar-refractivity contribution in [2.75, 3.05) is 19.6 Å². The van der Waals surface area contributed by atoms with Crippen molar-refractivity contribution in [3.8, 4) is 11.5 Å². The lowest BCUT2D eigenvalue weighted by Crippen LogP contribution is -2.56. The van der Waals surface area contributed by atoms with E-state index in [1.54, 1.807) is 0 Å². The zero-order valence-electron chi connectivity index (χ0n) is 12.0. The average molecular weight is 272 g/mol. The minimum absolute atomic E-state index is 0.598. The maximum absolute atomic E-state index is 5.36. The zero-order chi connectivity index (χ0) is 13.9. The molecule has 106 valence electrons. The molecule has 0 saturated carbocycles. The Labute approximate surface area is 119 Å². The summed E-state index contributed by atoms with van der Waals surface area (Å²) in [6, 6.07) is 8.73. The van der Waals surface area contributed by atoms with Gasteiger partial charge in [0.1, 0.15) is 0 Å². The summed E-state index contributed by atoms with van der Waals surface area (Å²) in [5.41, 5.74) is 2.20. The number of nitrogens with zero attached hydrogens (tertiary/aromatic N) is 3. The van der Waals surface area contributed by atoms with Gasteiger partial charge in [0, 0.05) is 24.7 Å². The number of nitrogens with one attached hydrogen (secondary N) is 1. The maximum atomic E-state index is 5.36. The molecule has 1 fully saturated rings. The van der Waals surface area contributed by atoms with Gasteiger partial charge in [-0.2, -0.15) is 4.98 Å². The largest absolute Gasteiger partial charge is 0.334 e. The Kier molecular flexibility index (Phi) is 3.80. The molecular formula is C15H20N4O. The summed E-state index contributed by atoms with van der Waals surface area (Å²) in [5, 5.41) is 7.39. The molecule has 2 heterocycles. The van der Waals surface area contributed by atoms with Crippen molar-refractivity contribution in [1.29, 1.82) is 0 Å². The van der Waals surface area contributed by atoms with E-state index in [4.69, 9.17) is 4.52 Å². The summed E-state index contributed by atoms with van der Waals surface area (Å²) < 4.78 is 5.36. The minimum atomic E-state index is 0.598. The molecular weight excluding hydrogens is 252 g/mol. The molecule has 0 unspecified atom stereocenters. The molecule has 1 aliphatic rings. The molecule has 0 aliphatic carbocycles. The fourth-order valence-corrected chi connectivity index (χ4v) is 2.34. The van der Waals surface area contributed by atoms with Crippen LogP contribution in [0.4, 0.5) is 0 Å². The second-order valence-corrected chi connectivity index (χ2v) is 5.26. The monoisotopic (exact) mass is 272 g/mol. The Hall–Kier alpha value is -1.72. The van der Waals surface area contributed by atoms with Gasteiger partial charge in [0.15, 0.2) is 5.82 Å². The Morgan fingerprint density at radius 1 is 1.30 bits per heavy atom. The first-order valence-corrected chi connectivity index (χ1v) is 7.10. The van der Waals surface area contributed by atoms with Gasteiger partial charge in [-0.05, 0) is 25.6 Å². The van der Waals surface area contributed by atoms with E-state index in [9.17, 15) is 0 Å². The van der Waals surface area contributed by atoms with Gasteiger partial charge in [-0.3, -0.25) is 4.90 Å². The van der Waals surface area contributed by atoms with Crippen molar-refractivity contribution in [2.45, 2.75) is 26.4 Å². The second kappa shape index (κ2) is 5.73. The van der Waals surface area contributed by atoms with Crippen LogP contribution in [-0.2, 0) is 6.54 Å². The van der Waals surface area contributed by atoms with Crippen LogP contribution in [0.5, 0.6) is 0 Å². The number of aromatic nitrogens is 2. The van der Waals surface area contributed by atoms with Crippen LogP contribution in [0.25, 0.3) is 11.5 Å². The van der Waals surface area contributed by atoms with E-state index < -0.39 is 0 Å². The molecule has 5 heteroatoms. The van der Waals surface area contributed by atoms with Crippen molar-refractivity contribution >= 4 is 0 Å². The molecule has 0 radical (unpaired) electrons. The Bertz CT molecular complexity index is 560. The number of aryl methyl sites for hydroxylation is 1. The topological polar surface area (TPSA) is 54.2 Å². The molecule has 1 N–H and O–H groups in total. The average Bonchev–Trinajstić information content (AvgIpc) is 2.85. The van der Waals surface area contributed by atoms with Crippen LogP contribution in [0.2, 0.25) is 0 Å². The molecule has 1 aliphatic heterocycles. The summed E-state index contributed by atoms with van der Waals surface area (Å²) in [6.45, 7) is 8.08. The normalized spacial score (nSPS) is 15.6. The van der Waals surface area contributed by atoms with Gasteiger partial charge in [0.05, 0.1) is 6.54 Å². The summed E-state index contributed by atoms with van der Waals surface area (Å²) in [5.74, 6) is 1.36. The summed E-state index contributed by atoms with van der Waals surface area (Å²) in [4.78, 5) is 6.87. The quantitative estimate of drug-likeness (QED) is 0.900. The highest BCUT2D eigenvalue weighted by Crippen LogP contribution is 2.18. The van der Waals surface area contributed by atoms with Crippen LogP contribution in [0, 0.1) is 6.92 Å². The number of rotatable bonds is 5. The van der Waals surface area contributed by atoms with E-state index in [0.29, 0.717) is 11.9 Å². The summed E-state index contributed by atoms with van der Waals surface area (Å²) >= 11 is 0. The molecule has 1 aromatic heterocycles. The lowest BCUT2D eigenvalue weighted by atomic mass is 10.1. The van der Waals surface area contributed by atoms with Crippen molar-refractivity contribution in [1.82, 2.24) is 20.4 Å². The minimum Gasteiger partial charge on any atom is -0.334 e. The highest BCUT2D eigenvalue weighted by Gasteiger charge is 2.24. The molecule has 3 rings (SSSR count). The van der Waals surface area contributed by atoms with Gasteiger partial charge < -0.3 is 9.84 Å². The van der Waals surface area contributed by atoms with Crippen LogP contribution >= 0.6 is 0 Å². The first-order valence-electron chi connectivity index (χ1n) is 7.10. The fraction of sp³-hybridized carbons (Fsp3) is 0.467. The number of benzene rings is 1. The highest BCUT2D eigenvalue weighted by molar-refractivity contribution is 5.53. The van der Waals surface area contributed by atoms with Crippen molar-refractivity contribution in [3.63, 3.8) is 0 Å². The van der Waals surface area contributed by atoms with Gasteiger partial charge in [0.25, 0.3) is 5.89 Å². The molecule has 5 nitrogen and oxygen atoms in total. The third-order valence-electron chi connectivity index (χ3n) is 3.79.